The largest absolute Gasteiger partial charge is 0.493 e. The maximum atomic E-state index is 12.6. The number of benzene rings is 2. The topological polar surface area (TPSA) is 80.3 Å². The quantitative estimate of drug-likeness (QED) is 0.517. The molecule has 1 atom stereocenters. The third-order valence-corrected chi connectivity index (χ3v) is 5.51. The van der Waals surface area contributed by atoms with E-state index in [0.29, 0.717) is 22.8 Å². The fourth-order valence-corrected chi connectivity index (χ4v) is 3.31. The van der Waals surface area contributed by atoms with E-state index in [0.717, 1.165) is 23.1 Å². The van der Waals surface area contributed by atoms with Crippen molar-refractivity contribution in [1.82, 2.24) is 0 Å². The van der Waals surface area contributed by atoms with E-state index < -0.39 is 5.41 Å². The first-order chi connectivity index (χ1) is 15.2. The number of rotatable bonds is 9. The first-order valence-electron chi connectivity index (χ1n) is 10.6. The molecule has 0 saturated heterocycles. The molecule has 0 aliphatic carbocycles. The molecule has 0 unspecified atom stereocenters. The highest BCUT2D eigenvalue weighted by Gasteiger charge is 2.33. The molecule has 0 fully saturated rings. The van der Waals surface area contributed by atoms with Crippen LogP contribution in [0.25, 0.3) is 11.1 Å². The second-order valence-corrected chi connectivity index (χ2v) is 8.42. The van der Waals surface area contributed by atoms with Gasteiger partial charge in [0.15, 0.2) is 11.5 Å². The van der Waals surface area contributed by atoms with Crippen LogP contribution >= 0.6 is 0 Å². The monoisotopic (exact) mass is 442 g/mol. The van der Waals surface area contributed by atoms with Crippen LogP contribution < -0.4 is 14.2 Å². The van der Waals surface area contributed by atoms with Crippen LogP contribution in [0.3, 0.4) is 0 Å². The van der Waals surface area contributed by atoms with Gasteiger partial charge in [-0.25, -0.2) is 4.79 Å². The maximum absolute atomic E-state index is 12.6. The van der Waals surface area contributed by atoms with Crippen molar-refractivity contribution in [3.8, 4) is 28.4 Å². The van der Waals surface area contributed by atoms with Gasteiger partial charge >= 0.3 is 11.9 Å². The number of cyclic esters (lactones) is 1. The molecule has 0 radical (unpaired) electrons. The van der Waals surface area contributed by atoms with Crippen LogP contribution in [0.2, 0.25) is 0 Å². The van der Waals surface area contributed by atoms with Gasteiger partial charge in [0.1, 0.15) is 13.2 Å². The molecule has 0 saturated carbocycles. The van der Waals surface area contributed by atoms with Crippen LogP contribution in [-0.2, 0) is 20.9 Å². The van der Waals surface area contributed by atoms with Gasteiger partial charge in [-0.1, -0.05) is 13.0 Å². The molecule has 0 amide bonds. The number of ether oxygens (including phenoxy) is 5. The molecule has 0 N–H and O–H groups in total. The second-order valence-electron chi connectivity index (χ2n) is 8.42. The van der Waals surface area contributed by atoms with E-state index in [9.17, 15) is 9.59 Å². The van der Waals surface area contributed by atoms with Crippen molar-refractivity contribution in [2.45, 2.75) is 46.8 Å². The summed E-state index contributed by atoms with van der Waals surface area (Å²) in [5, 5.41) is 0. The van der Waals surface area contributed by atoms with Crippen molar-refractivity contribution < 1.29 is 33.3 Å². The minimum atomic E-state index is -0.882. The maximum Gasteiger partial charge on any atom is 0.338 e. The van der Waals surface area contributed by atoms with E-state index in [-0.39, 0.29) is 31.3 Å². The van der Waals surface area contributed by atoms with Gasteiger partial charge in [0.2, 0.25) is 5.75 Å². The highest BCUT2D eigenvalue weighted by molar-refractivity contribution is 5.94. The van der Waals surface area contributed by atoms with Crippen molar-refractivity contribution in [2.24, 2.45) is 5.41 Å². The Balaban J connectivity index is 1.97. The van der Waals surface area contributed by atoms with Gasteiger partial charge in [-0.05, 0) is 57.0 Å². The average molecular weight is 443 g/mol. The molecule has 32 heavy (non-hydrogen) atoms. The SMILES string of the molecule is CC[C@@H](C)OC(=O)C(C)(C)COc1c(-c2ccc3c(c2)COC3=O)ccc(OC)c1OC. The molecule has 1 aliphatic heterocycles. The summed E-state index contributed by atoms with van der Waals surface area (Å²) < 4.78 is 27.9. The van der Waals surface area contributed by atoms with E-state index in [2.05, 4.69) is 0 Å². The second kappa shape index (κ2) is 9.51. The minimum absolute atomic E-state index is 0.0747. The van der Waals surface area contributed by atoms with Crippen LogP contribution in [0.1, 0.15) is 50.0 Å². The number of esters is 2. The number of hydrogen-bond donors (Lipinski definition) is 0. The van der Waals surface area contributed by atoms with Crippen LogP contribution in [-0.4, -0.2) is 38.9 Å². The summed E-state index contributed by atoms with van der Waals surface area (Å²) in [6.45, 7) is 7.69. The lowest BCUT2D eigenvalue weighted by molar-refractivity contribution is -0.160. The number of methoxy groups -OCH3 is 2. The molecule has 0 spiro atoms. The summed E-state index contributed by atoms with van der Waals surface area (Å²) in [5.74, 6) is 0.719. The van der Waals surface area contributed by atoms with E-state index >= 15 is 0 Å². The van der Waals surface area contributed by atoms with Gasteiger partial charge in [0.25, 0.3) is 0 Å². The summed E-state index contributed by atoms with van der Waals surface area (Å²) in [6, 6.07) is 9.13. The Morgan fingerprint density at radius 3 is 2.47 bits per heavy atom. The minimum Gasteiger partial charge on any atom is -0.493 e. The standard InChI is InChI=1S/C25H30O7/c1-7-15(2)32-24(27)25(3,4)14-31-21-18(10-11-20(28-5)22(21)29-6)16-8-9-19-17(12-16)13-30-23(19)26/h8-12,15H,7,13-14H2,1-6H3/t15-/m1/s1. The van der Waals surface area contributed by atoms with Gasteiger partial charge in [0, 0.05) is 11.1 Å². The Morgan fingerprint density at radius 1 is 1.09 bits per heavy atom. The van der Waals surface area contributed by atoms with E-state index in [1.165, 1.54) is 7.11 Å². The zero-order valence-electron chi connectivity index (χ0n) is 19.4. The lowest BCUT2D eigenvalue weighted by atomic mass is 9.94. The van der Waals surface area contributed by atoms with Gasteiger partial charge in [0.05, 0.1) is 31.3 Å². The third kappa shape index (κ3) is 4.66. The fourth-order valence-electron chi connectivity index (χ4n) is 3.31. The fraction of sp³-hybridized carbons (Fsp3) is 0.440. The molecular formula is C25H30O7. The molecule has 2 aromatic carbocycles. The van der Waals surface area contributed by atoms with E-state index in [4.69, 9.17) is 23.7 Å². The molecule has 7 nitrogen and oxygen atoms in total. The Morgan fingerprint density at radius 2 is 1.81 bits per heavy atom. The van der Waals surface area contributed by atoms with Crippen molar-refractivity contribution in [2.75, 3.05) is 20.8 Å². The lowest BCUT2D eigenvalue weighted by Gasteiger charge is -2.26. The van der Waals surface area contributed by atoms with Gasteiger partial charge < -0.3 is 23.7 Å². The molecule has 2 aromatic rings. The van der Waals surface area contributed by atoms with Crippen LogP contribution in [0.4, 0.5) is 0 Å². The summed E-state index contributed by atoms with van der Waals surface area (Å²) in [4.78, 5) is 24.5. The summed E-state index contributed by atoms with van der Waals surface area (Å²) in [5.41, 5.74) is 2.07. The third-order valence-electron chi connectivity index (χ3n) is 5.51. The number of hydrogen-bond acceptors (Lipinski definition) is 7. The molecule has 1 aliphatic rings. The Kier molecular flexibility index (Phi) is 6.96. The first kappa shape index (κ1) is 23.4. The lowest BCUT2D eigenvalue weighted by Crippen LogP contribution is -2.34. The number of fused-ring (bicyclic) bond motifs is 1. The van der Waals surface area contributed by atoms with Gasteiger partial charge in [-0.2, -0.15) is 0 Å². The smallest absolute Gasteiger partial charge is 0.338 e. The van der Waals surface area contributed by atoms with Crippen molar-refractivity contribution in [3.63, 3.8) is 0 Å². The van der Waals surface area contributed by atoms with E-state index in [1.807, 2.05) is 32.0 Å². The van der Waals surface area contributed by atoms with Crippen molar-refractivity contribution >= 4 is 11.9 Å². The van der Waals surface area contributed by atoms with Gasteiger partial charge in [-0.3, -0.25) is 4.79 Å². The summed E-state index contributed by atoms with van der Waals surface area (Å²) >= 11 is 0. The first-order valence-corrected chi connectivity index (χ1v) is 10.6. The zero-order valence-corrected chi connectivity index (χ0v) is 19.4. The highest BCUT2D eigenvalue weighted by Crippen LogP contribution is 2.45. The molecule has 1 heterocycles. The Bertz CT molecular complexity index is 1010. The highest BCUT2D eigenvalue weighted by atomic mass is 16.6. The molecule has 3 rings (SSSR count). The average Bonchev–Trinajstić information content (AvgIpc) is 3.16. The number of carbonyl (C=O) groups is 2. The molecule has 0 aromatic heterocycles. The predicted molar refractivity (Wildman–Crippen MR) is 119 cm³/mol. The van der Waals surface area contributed by atoms with Crippen LogP contribution in [0.15, 0.2) is 30.3 Å². The summed E-state index contributed by atoms with van der Waals surface area (Å²) in [7, 11) is 3.08. The molecule has 0 bridgehead atoms. The Labute approximate surface area is 188 Å². The predicted octanol–water partition coefficient (Wildman–Crippen LogP) is 4.79. The van der Waals surface area contributed by atoms with Crippen molar-refractivity contribution in [1.29, 1.82) is 0 Å². The van der Waals surface area contributed by atoms with Crippen LogP contribution in [0.5, 0.6) is 17.2 Å². The van der Waals surface area contributed by atoms with Gasteiger partial charge in [-0.15, -0.1) is 0 Å². The number of carbonyl (C=O) groups excluding carboxylic acids is 2. The summed E-state index contributed by atoms with van der Waals surface area (Å²) in [6.07, 6.45) is 0.571. The molecular weight excluding hydrogens is 412 g/mol. The zero-order chi connectivity index (χ0) is 23.5. The normalized spacial score (nSPS) is 13.8. The van der Waals surface area contributed by atoms with E-state index in [1.54, 1.807) is 33.1 Å². The van der Waals surface area contributed by atoms with Crippen LogP contribution in [0, 0.1) is 5.41 Å². The molecule has 172 valence electrons. The molecule has 7 heteroatoms. The Hall–Kier alpha value is -3.22. The van der Waals surface area contributed by atoms with Crippen molar-refractivity contribution in [3.05, 3.63) is 41.5 Å².